The van der Waals surface area contributed by atoms with Crippen LogP contribution in [0.5, 0.6) is 0 Å². The van der Waals surface area contributed by atoms with Crippen molar-refractivity contribution in [1.29, 1.82) is 0 Å². The van der Waals surface area contributed by atoms with Crippen LogP contribution >= 0.6 is 0 Å². The van der Waals surface area contributed by atoms with Crippen molar-refractivity contribution in [3.63, 3.8) is 0 Å². The van der Waals surface area contributed by atoms with Gasteiger partial charge in [0, 0.05) is 13.2 Å². The second-order valence-corrected chi connectivity index (χ2v) is 7.37. The minimum Gasteiger partial charge on any atom is -0.384 e. The molecule has 17 heavy (non-hydrogen) atoms. The molecule has 0 bridgehead atoms. The predicted molar refractivity (Wildman–Crippen MR) is 63.4 cm³/mol. The van der Waals surface area contributed by atoms with Gasteiger partial charge >= 0.3 is 0 Å². The highest BCUT2D eigenvalue weighted by molar-refractivity contribution is 7.91. The Labute approximate surface area is 102 Å². The second kappa shape index (κ2) is 4.57. The van der Waals surface area contributed by atoms with E-state index in [0.29, 0.717) is 13.0 Å². The summed E-state index contributed by atoms with van der Waals surface area (Å²) in [6.45, 7) is 0.429. The summed E-state index contributed by atoms with van der Waals surface area (Å²) in [6, 6.07) is -0.207. The van der Waals surface area contributed by atoms with Crippen LogP contribution in [0.1, 0.15) is 25.7 Å². The molecular formula is C11H19NO4S. The maximum absolute atomic E-state index is 12.1. The fourth-order valence-corrected chi connectivity index (χ4v) is 4.24. The first-order chi connectivity index (χ1) is 7.97. The van der Waals surface area contributed by atoms with E-state index in [1.54, 1.807) is 7.11 Å². The van der Waals surface area contributed by atoms with Crippen LogP contribution in [0.4, 0.5) is 0 Å². The Morgan fingerprint density at radius 2 is 2.18 bits per heavy atom. The molecule has 0 radical (unpaired) electrons. The molecule has 1 atom stereocenters. The number of methoxy groups -OCH3 is 1. The predicted octanol–water partition coefficient (Wildman–Crippen LogP) is 0.106. The molecule has 1 aliphatic carbocycles. The van der Waals surface area contributed by atoms with Crippen molar-refractivity contribution in [3.8, 4) is 0 Å². The smallest absolute Gasteiger partial charge is 0.228 e. The zero-order valence-electron chi connectivity index (χ0n) is 10.1. The number of carbonyl (C=O) groups excluding carboxylic acids is 1. The van der Waals surface area contributed by atoms with E-state index >= 15 is 0 Å². The normalized spacial score (nSPS) is 29.6. The van der Waals surface area contributed by atoms with Crippen molar-refractivity contribution in [2.75, 3.05) is 25.2 Å². The SMILES string of the molecule is COCC1(C(=O)N[C@@H]2CCS(=O)(=O)C2)CCC1. The molecule has 1 saturated carbocycles. The third kappa shape index (κ3) is 2.63. The van der Waals surface area contributed by atoms with Gasteiger partial charge in [-0.2, -0.15) is 0 Å². The molecule has 1 amide bonds. The number of sulfone groups is 1. The van der Waals surface area contributed by atoms with Crippen LogP contribution in [0.3, 0.4) is 0 Å². The molecule has 98 valence electrons. The molecular weight excluding hydrogens is 242 g/mol. The Morgan fingerprint density at radius 1 is 1.47 bits per heavy atom. The highest BCUT2D eigenvalue weighted by Crippen LogP contribution is 2.41. The van der Waals surface area contributed by atoms with Gasteiger partial charge in [-0.15, -0.1) is 0 Å². The number of amides is 1. The molecule has 0 aromatic rings. The molecule has 0 spiro atoms. The zero-order valence-corrected chi connectivity index (χ0v) is 10.9. The molecule has 1 saturated heterocycles. The van der Waals surface area contributed by atoms with Gasteiger partial charge in [-0.1, -0.05) is 6.42 Å². The first-order valence-corrected chi connectivity index (χ1v) is 7.80. The molecule has 1 N–H and O–H groups in total. The van der Waals surface area contributed by atoms with Gasteiger partial charge in [0.25, 0.3) is 0 Å². The number of nitrogens with one attached hydrogen (secondary N) is 1. The molecule has 2 aliphatic rings. The topological polar surface area (TPSA) is 72.5 Å². The lowest BCUT2D eigenvalue weighted by Gasteiger charge is -2.40. The highest BCUT2D eigenvalue weighted by atomic mass is 32.2. The van der Waals surface area contributed by atoms with Crippen LogP contribution in [0.2, 0.25) is 0 Å². The third-order valence-corrected chi connectivity index (χ3v) is 5.55. The fraction of sp³-hybridized carbons (Fsp3) is 0.909. The van der Waals surface area contributed by atoms with E-state index in [-0.39, 0.29) is 23.5 Å². The lowest BCUT2D eigenvalue weighted by Crippen LogP contribution is -2.51. The van der Waals surface area contributed by atoms with Gasteiger partial charge in [0.2, 0.25) is 5.91 Å². The Kier molecular flexibility index (Phi) is 3.45. The Morgan fingerprint density at radius 3 is 2.59 bits per heavy atom. The minimum absolute atomic E-state index is 0.0345. The molecule has 1 heterocycles. The van der Waals surface area contributed by atoms with Gasteiger partial charge in [0.15, 0.2) is 9.84 Å². The lowest BCUT2D eigenvalue weighted by molar-refractivity contribution is -0.141. The molecule has 2 fully saturated rings. The maximum atomic E-state index is 12.1. The number of carbonyl (C=O) groups is 1. The average molecular weight is 261 g/mol. The quantitative estimate of drug-likeness (QED) is 0.779. The average Bonchev–Trinajstić information content (AvgIpc) is 2.51. The van der Waals surface area contributed by atoms with Crippen LogP contribution in [0.15, 0.2) is 0 Å². The van der Waals surface area contributed by atoms with E-state index in [2.05, 4.69) is 5.32 Å². The van der Waals surface area contributed by atoms with Gasteiger partial charge in [0.1, 0.15) is 0 Å². The van der Waals surface area contributed by atoms with Crippen LogP contribution in [-0.2, 0) is 19.4 Å². The van der Waals surface area contributed by atoms with Crippen LogP contribution in [0.25, 0.3) is 0 Å². The van der Waals surface area contributed by atoms with Gasteiger partial charge in [0.05, 0.1) is 23.5 Å². The second-order valence-electron chi connectivity index (χ2n) is 5.14. The summed E-state index contributed by atoms with van der Waals surface area (Å²) in [5.41, 5.74) is -0.402. The van der Waals surface area contributed by atoms with E-state index in [0.717, 1.165) is 19.3 Å². The van der Waals surface area contributed by atoms with E-state index in [1.807, 2.05) is 0 Å². The summed E-state index contributed by atoms with van der Waals surface area (Å²) in [5.74, 6) is 0.240. The van der Waals surface area contributed by atoms with E-state index in [1.165, 1.54) is 0 Å². The van der Waals surface area contributed by atoms with Crippen molar-refractivity contribution in [2.45, 2.75) is 31.7 Å². The molecule has 5 nitrogen and oxygen atoms in total. The van der Waals surface area contributed by atoms with Crippen molar-refractivity contribution in [2.24, 2.45) is 5.41 Å². The molecule has 6 heteroatoms. The summed E-state index contributed by atoms with van der Waals surface area (Å²) in [4.78, 5) is 12.1. The van der Waals surface area contributed by atoms with Crippen LogP contribution in [-0.4, -0.2) is 45.6 Å². The molecule has 0 aromatic carbocycles. The van der Waals surface area contributed by atoms with Crippen molar-refractivity contribution < 1.29 is 17.9 Å². The molecule has 1 aliphatic heterocycles. The minimum atomic E-state index is -2.93. The standard InChI is InChI=1S/C11H19NO4S/c1-16-8-11(4-2-5-11)10(13)12-9-3-6-17(14,15)7-9/h9H,2-8H2,1H3,(H,12,13)/t9-/m1/s1. The zero-order chi connectivity index (χ0) is 12.5. The number of hydrogen-bond acceptors (Lipinski definition) is 4. The maximum Gasteiger partial charge on any atom is 0.228 e. The van der Waals surface area contributed by atoms with Crippen molar-refractivity contribution >= 4 is 15.7 Å². The number of hydrogen-bond donors (Lipinski definition) is 1. The molecule has 0 aromatic heterocycles. The number of ether oxygens (including phenoxy) is 1. The van der Waals surface area contributed by atoms with Crippen molar-refractivity contribution in [1.82, 2.24) is 5.32 Å². The number of rotatable bonds is 4. The van der Waals surface area contributed by atoms with Gasteiger partial charge in [-0.05, 0) is 19.3 Å². The van der Waals surface area contributed by atoms with E-state index in [4.69, 9.17) is 4.74 Å². The first kappa shape index (κ1) is 12.8. The summed E-state index contributed by atoms with van der Waals surface area (Å²) in [5, 5.41) is 2.86. The van der Waals surface area contributed by atoms with Crippen molar-refractivity contribution in [3.05, 3.63) is 0 Å². The summed E-state index contributed by atoms with van der Waals surface area (Å²) < 4.78 is 27.7. The summed E-state index contributed by atoms with van der Waals surface area (Å²) in [7, 11) is -1.34. The van der Waals surface area contributed by atoms with Gasteiger partial charge < -0.3 is 10.1 Å². The summed E-state index contributed by atoms with van der Waals surface area (Å²) >= 11 is 0. The van der Waals surface area contributed by atoms with Crippen LogP contribution < -0.4 is 5.32 Å². The van der Waals surface area contributed by atoms with Gasteiger partial charge in [-0.25, -0.2) is 8.42 Å². The summed E-state index contributed by atoms with van der Waals surface area (Å²) in [6.07, 6.45) is 3.26. The molecule has 2 rings (SSSR count). The van der Waals surface area contributed by atoms with Gasteiger partial charge in [-0.3, -0.25) is 4.79 Å². The largest absolute Gasteiger partial charge is 0.384 e. The lowest BCUT2D eigenvalue weighted by atomic mass is 9.68. The van der Waals surface area contributed by atoms with Crippen LogP contribution in [0, 0.1) is 5.41 Å². The Bertz CT molecular complexity index is 400. The Balaban J connectivity index is 1.93. The third-order valence-electron chi connectivity index (χ3n) is 3.78. The molecule has 0 unspecified atom stereocenters. The fourth-order valence-electron chi connectivity index (χ4n) is 2.56. The highest BCUT2D eigenvalue weighted by Gasteiger charge is 2.45. The van der Waals surface area contributed by atoms with E-state index in [9.17, 15) is 13.2 Å². The monoisotopic (exact) mass is 261 g/mol. The Hall–Kier alpha value is -0.620. The first-order valence-electron chi connectivity index (χ1n) is 5.98. The van der Waals surface area contributed by atoms with E-state index < -0.39 is 15.3 Å².